The Morgan fingerprint density at radius 2 is 1.89 bits per heavy atom. The van der Waals surface area contributed by atoms with Crippen molar-refractivity contribution in [2.45, 2.75) is 19.1 Å². The summed E-state index contributed by atoms with van der Waals surface area (Å²) >= 11 is 1.40. The predicted octanol–water partition coefficient (Wildman–Crippen LogP) is 1.27. The van der Waals surface area contributed by atoms with Crippen molar-refractivity contribution in [2.75, 3.05) is 12.9 Å². The average Bonchev–Trinajstić information content (AvgIpc) is 2.43. The molecule has 0 heterocycles. The molecule has 0 aliphatic heterocycles. The van der Waals surface area contributed by atoms with Crippen molar-refractivity contribution in [3.05, 3.63) is 29.8 Å². The highest BCUT2D eigenvalue weighted by Crippen LogP contribution is 2.10. The lowest BCUT2D eigenvalue weighted by Crippen LogP contribution is -2.46. The number of aryl methyl sites for hydroxylation is 1. The third kappa shape index (κ3) is 5.65. The summed E-state index contributed by atoms with van der Waals surface area (Å²) in [6.45, 7) is 3.59. The third-order valence-corrected chi connectivity index (χ3v) is 3.36. The highest BCUT2D eigenvalue weighted by Gasteiger charge is 2.11. The molecule has 0 saturated heterocycles. The second-order valence-electron chi connectivity index (χ2n) is 4.02. The molecule has 0 aliphatic rings. The summed E-state index contributed by atoms with van der Waals surface area (Å²) in [5, 5.41) is -0.210. The summed E-state index contributed by atoms with van der Waals surface area (Å²) in [7, 11) is 0. The molecule has 1 aromatic carbocycles. The van der Waals surface area contributed by atoms with Crippen molar-refractivity contribution >= 4 is 23.6 Å². The zero-order chi connectivity index (χ0) is 14.3. The van der Waals surface area contributed by atoms with Gasteiger partial charge in [-0.15, -0.1) is 0 Å². The van der Waals surface area contributed by atoms with E-state index in [1.165, 1.54) is 11.8 Å². The number of hydrazine groups is 1. The Labute approximate surface area is 117 Å². The van der Waals surface area contributed by atoms with Crippen LogP contribution in [0, 0.1) is 6.92 Å². The van der Waals surface area contributed by atoms with E-state index in [0.717, 1.165) is 5.56 Å². The molecule has 1 atom stereocenters. The quantitative estimate of drug-likeness (QED) is 0.798. The molecule has 5 nitrogen and oxygen atoms in total. The van der Waals surface area contributed by atoms with Crippen molar-refractivity contribution in [1.29, 1.82) is 0 Å². The van der Waals surface area contributed by atoms with Gasteiger partial charge >= 0.3 is 0 Å². The number of benzene rings is 1. The van der Waals surface area contributed by atoms with Crippen LogP contribution in [-0.2, 0) is 9.59 Å². The summed E-state index contributed by atoms with van der Waals surface area (Å²) < 4.78 is 5.27. The minimum absolute atomic E-state index is 0.142. The van der Waals surface area contributed by atoms with Gasteiger partial charge in [0.2, 0.25) is 0 Å². The number of amides is 2. The number of ether oxygens (including phenoxy) is 1. The lowest BCUT2D eigenvalue weighted by molar-refractivity contribution is -0.129. The summed E-state index contributed by atoms with van der Waals surface area (Å²) in [5.41, 5.74) is 5.76. The maximum Gasteiger partial charge on any atom is 0.276 e. The molecule has 1 unspecified atom stereocenters. The molecule has 1 aromatic rings. The highest BCUT2D eigenvalue weighted by molar-refractivity contribution is 7.99. The average molecular weight is 282 g/mol. The molecule has 0 aromatic heterocycles. The van der Waals surface area contributed by atoms with Crippen LogP contribution in [0.1, 0.15) is 12.5 Å². The monoisotopic (exact) mass is 282 g/mol. The molecule has 2 N–H and O–H groups in total. The molecular weight excluding hydrogens is 264 g/mol. The van der Waals surface area contributed by atoms with Gasteiger partial charge in [0.25, 0.3) is 11.8 Å². The Balaban J connectivity index is 2.28. The summed E-state index contributed by atoms with van der Waals surface area (Å²) in [4.78, 5) is 22.8. The largest absolute Gasteiger partial charge is 0.484 e. The Morgan fingerprint density at radius 3 is 2.47 bits per heavy atom. The van der Waals surface area contributed by atoms with Crippen molar-refractivity contribution in [3.63, 3.8) is 0 Å². The lowest BCUT2D eigenvalue weighted by Gasteiger charge is -2.11. The number of carbonyl (C=O) groups excluding carboxylic acids is 2. The van der Waals surface area contributed by atoms with Crippen molar-refractivity contribution in [3.8, 4) is 5.75 Å². The zero-order valence-corrected chi connectivity index (χ0v) is 12.0. The van der Waals surface area contributed by atoms with Crippen molar-refractivity contribution < 1.29 is 14.3 Å². The minimum Gasteiger partial charge on any atom is -0.484 e. The van der Waals surface area contributed by atoms with Gasteiger partial charge in [-0.2, -0.15) is 11.8 Å². The molecule has 2 amide bonds. The molecule has 0 spiro atoms. The van der Waals surface area contributed by atoms with E-state index in [4.69, 9.17) is 4.74 Å². The van der Waals surface area contributed by atoms with Crippen LogP contribution in [0.25, 0.3) is 0 Å². The van der Waals surface area contributed by atoms with Crippen LogP contribution in [-0.4, -0.2) is 29.9 Å². The first-order valence-corrected chi connectivity index (χ1v) is 7.12. The fourth-order valence-electron chi connectivity index (χ4n) is 1.16. The molecule has 19 heavy (non-hydrogen) atoms. The van der Waals surface area contributed by atoms with Gasteiger partial charge in [0.1, 0.15) is 5.75 Å². The Hall–Kier alpha value is -1.69. The molecule has 0 fully saturated rings. The van der Waals surface area contributed by atoms with Gasteiger partial charge in [-0.05, 0) is 32.2 Å². The van der Waals surface area contributed by atoms with Gasteiger partial charge in [0, 0.05) is 0 Å². The minimum atomic E-state index is -0.401. The summed E-state index contributed by atoms with van der Waals surface area (Å²) in [5.74, 6) is -0.0250. The number of rotatable bonds is 5. The van der Waals surface area contributed by atoms with E-state index in [2.05, 4.69) is 10.9 Å². The molecule has 0 saturated carbocycles. The molecule has 104 valence electrons. The second-order valence-corrected chi connectivity index (χ2v) is 5.20. The van der Waals surface area contributed by atoms with Crippen molar-refractivity contribution in [2.24, 2.45) is 0 Å². The van der Waals surface area contributed by atoms with Gasteiger partial charge < -0.3 is 4.74 Å². The standard InChI is InChI=1S/C13H18N2O3S/c1-9-4-6-11(7-5-9)18-8-12(16)14-15-13(17)10(2)19-3/h4-7,10H,8H2,1-3H3,(H,14,16)(H,15,17). The van der Waals surface area contributed by atoms with Crippen LogP contribution in [0.4, 0.5) is 0 Å². The fourth-order valence-corrected chi connectivity index (χ4v) is 1.43. The van der Waals surface area contributed by atoms with Crippen LogP contribution in [0.2, 0.25) is 0 Å². The number of hydrogen-bond acceptors (Lipinski definition) is 4. The van der Waals surface area contributed by atoms with E-state index in [1.807, 2.05) is 25.3 Å². The van der Waals surface area contributed by atoms with Crippen LogP contribution in [0.15, 0.2) is 24.3 Å². The van der Waals surface area contributed by atoms with Crippen molar-refractivity contribution in [1.82, 2.24) is 10.9 Å². The first-order valence-electron chi connectivity index (χ1n) is 5.84. The van der Waals surface area contributed by atoms with Gasteiger partial charge in [-0.25, -0.2) is 0 Å². The molecular formula is C13H18N2O3S. The first-order chi connectivity index (χ1) is 9.02. The topological polar surface area (TPSA) is 67.4 Å². The molecule has 1 rings (SSSR count). The molecule has 6 heteroatoms. The number of thioether (sulfide) groups is 1. The smallest absolute Gasteiger partial charge is 0.276 e. The van der Waals surface area contributed by atoms with E-state index >= 15 is 0 Å². The molecule has 0 bridgehead atoms. The summed E-state index contributed by atoms with van der Waals surface area (Å²) in [6, 6.07) is 7.37. The van der Waals surface area contributed by atoms with E-state index in [-0.39, 0.29) is 17.8 Å². The summed E-state index contributed by atoms with van der Waals surface area (Å²) in [6.07, 6.45) is 1.83. The maximum absolute atomic E-state index is 11.4. The number of carbonyl (C=O) groups is 2. The first kappa shape index (κ1) is 15.4. The Kier molecular flexibility index (Phi) is 6.21. The van der Waals surface area contributed by atoms with E-state index in [0.29, 0.717) is 5.75 Å². The highest BCUT2D eigenvalue weighted by atomic mass is 32.2. The Bertz CT molecular complexity index is 434. The van der Waals surface area contributed by atoms with Gasteiger partial charge in [0.05, 0.1) is 5.25 Å². The predicted molar refractivity (Wildman–Crippen MR) is 75.9 cm³/mol. The van der Waals surface area contributed by atoms with Crippen LogP contribution in [0.3, 0.4) is 0 Å². The third-order valence-electron chi connectivity index (χ3n) is 2.44. The second kappa shape index (κ2) is 7.68. The van der Waals surface area contributed by atoms with E-state index in [1.54, 1.807) is 19.1 Å². The van der Waals surface area contributed by atoms with E-state index in [9.17, 15) is 9.59 Å². The molecule has 0 aliphatic carbocycles. The SMILES string of the molecule is CSC(C)C(=O)NNC(=O)COc1ccc(C)cc1. The van der Waals surface area contributed by atoms with Gasteiger partial charge in [0.15, 0.2) is 6.61 Å². The van der Waals surface area contributed by atoms with Gasteiger partial charge in [-0.1, -0.05) is 17.7 Å². The number of hydrogen-bond donors (Lipinski definition) is 2. The van der Waals surface area contributed by atoms with E-state index < -0.39 is 5.91 Å². The zero-order valence-electron chi connectivity index (χ0n) is 11.2. The van der Waals surface area contributed by atoms with Crippen LogP contribution >= 0.6 is 11.8 Å². The Morgan fingerprint density at radius 1 is 1.26 bits per heavy atom. The fraction of sp³-hybridized carbons (Fsp3) is 0.385. The van der Waals surface area contributed by atoms with Crippen LogP contribution in [0.5, 0.6) is 5.75 Å². The maximum atomic E-state index is 11.4. The normalized spacial score (nSPS) is 11.5. The number of nitrogens with one attached hydrogen (secondary N) is 2. The molecule has 0 radical (unpaired) electrons. The lowest BCUT2D eigenvalue weighted by atomic mass is 10.2. The van der Waals surface area contributed by atoms with Gasteiger partial charge in [-0.3, -0.25) is 20.4 Å². The van der Waals surface area contributed by atoms with Crippen LogP contribution < -0.4 is 15.6 Å².